The van der Waals surface area contributed by atoms with Crippen molar-refractivity contribution in [1.82, 2.24) is 4.98 Å². The Hall–Kier alpha value is -1.13. The monoisotopic (exact) mass is 165 g/mol. The van der Waals surface area contributed by atoms with E-state index in [0.717, 1.165) is 6.07 Å². The first-order valence-electron chi connectivity index (χ1n) is 2.69. The van der Waals surface area contributed by atoms with Crippen LogP contribution < -0.4 is 0 Å². The van der Waals surface area contributed by atoms with Gasteiger partial charge in [-0.2, -0.15) is 13.2 Å². The molecule has 11 heavy (non-hydrogen) atoms. The maximum Gasteiger partial charge on any atom is 0.433 e. The average Bonchev–Trinajstić information content (AvgIpc) is 1.86. The van der Waals surface area contributed by atoms with E-state index in [1.165, 1.54) is 0 Å². The minimum atomic E-state index is -4.49. The third-order valence-electron chi connectivity index (χ3n) is 1.02. The van der Waals surface area contributed by atoms with Gasteiger partial charge in [0.15, 0.2) is 0 Å². The van der Waals surface area contributed by atoms with Crippen molar-refractivity contribution in [3.05, 3.63) is 29.8 Å². The SMILES string of the molecule is Fc1ccc(C(F)(F)F)nc1. The zero-order valence-electron chi connectivity index (χ0n) is 5.19. The van der Waals surface area contributed by atoms with Gasteiger partial charge in [0, 0.05) is 0 Å². The van der Waals surface area contributed by atoms with E-state index in [0.29, 0.717) is 12.3 Å². The number of aromatic nitrogens is 1. The van der Waals surface area contributed by atoms with E-state index in [-0.39, 0.29) is 0 Å². The summed E-state index contributed by atoms with van der Waals surface area (Å²) < 4.78 is 47.2. The van der Waals surface area contributed by atoms with Gasteiger partial charge in [0.25, 0.3) is 0 Å². The second-order valence-electron chi connectivity index (χ2n) is 1.86. The Morgan fingerprint density at radius 1 is 1.18 bits per heavy atom. The molecule has 0 amide bonds. The topological polar surface area (TPSA) is 12.9 Å². The molecule has 0 radical (unpaired) electrons. The molecule has 0 fully saturated rings. The first-order valence-corrected chi connectivity index (χ1v) is 2.69. The highest BCUT2D eigenvalue weighted by Crippen LogP contribution is 2.26. The number of hydrogen-bond acceptors (Lipinski definition) is 1. The molecule has 60 valence electrons. The van der Waals surface area contributed by atoms with E-state index >= 15 is 0 Å². The number of halogens is 4. The van der Waals surface area contributed by atoms with Crippen LogP contribution in [0.2, 0.25) is 0 Å². The van der Waals surface area contributed by atoms with Crippen LogP contribution >= 0.6 is 0 Å². The number of alkyl halides is 3. The van der Waals surface area contributed by atoms with Crippen LogP contribution in [0.1, 0.15) is 5.69 Å². The van der Waals surface area contributed by atoms with Gasteiger partial charge >= 0.3 is 6.18 Å². The molecule has 1 heterocycles. The summed E-state index contributed by atoms with van der Waals surface area (Å²) in [5, 5.41) is 0. The average molecular weight is 165 g/mol. The van der Waals surface area contributed by atoms with Crippen molar-refractivity contribution in [2.75, 3.05) is 0 Å². The molecule has 0 atom stereocenters. The minimum Gasteiger partial charge on any atom is -0.249 e. The predicted molar refractivity (Wildman–Crippen MR) is 29.2 cm³/mol. The van der Waals surface area contributed by atoms with E-state index in [9.17, 15) is 17.6 Å². The molecule has 0 aliphatic carbocycles. The second kappa shape index (κ2) is 2.48. The Balaban J connectivity index is 2.99. The lowest BCUT2D eigenvalue weighted by molar-refractivity contribution is -0.141. The van der Waals surface area contributed by atoms with E-state index in [2.05, 4.69) is 4.98 Å². The highest BCUT2D eigenvalue weighted by molar-refractivity contribution is 5.08. The Morgan fingerprint density at radius 3 is 2.18 bits per heavy atom. The summed E-state index contributed by atoms with van der Waals surface area (Å²) in [6.45, 7) is 0. The van der Waals surface area contributed by atoms with Crippen molar-refractivity contribution < 1.29 is 17.6 Å². The molecule has 0 saturated carbocycles. The number of pyridine rings is 1. The van der Waals surface area contributed by atoms with Crippen molar-refractivity contribution in [3.63, 3.8) is 0 Å². The molecule has 0 aliphatic heterocycles. The molecule has 0 unspecified atom stereocenters. The van der Waals surface area contributed by atoms with Crippen molar-refractivity contribution >= 4 is 0 Å². The van der Waals surface area contributed by atoms with Crippen LogP contribution in [-0.2, 0) is 6.18 Å². The van der Waals surface area contributed by atoms with Crippen LogP contribution in [0.5, 0.6) is 0 Å². The first-order chi connectivity index (χ1) is 5.00. The maximum atomic E-state index is 12.0. The summed E-state index contributed by atoms with van der Waals surface area (Å²) >= 11 is 0. The van der Waals surface area contributed by atoms with Crippen LogP contribution in [-0.4, -0.2) is 4.98 Å². The molecule has 1 aromatic rings. The summed E-state index contributed by atoms with van der Waals surface area (Å²) in [6.07, 6.45) is -3.96. The third-order valence-corrected chi connectivity index (χ3v) is 1.02. The van der Waals surface area contributed by atoms with Gasteiger partial charge in [-0.15, -0.1) is 0 Å². The van der Waals surface area contributed by atoms with Crippen LogP contribution in [0.15, 0.2) is 18.3 Å². The zero-order valence-corrected chi connectivity index (χ0v) is 5.19. The van der Waals surface area contributed by atoms with Crippen molar-refractivity contribution in [1.29, 1.82) is 0 Å². The predicted octanol–water partition coefficient (Wildman–Crippen LogP) is 2.24. The lowest BCUT2D eigenvalue weighted by atomic mass is 10.3. The zero-order chi connectivity index (χ0) is 8.48. The normalized spacial score (nSPS) is 11.6. The van der Waals surface area contributed by atoms with Crippen LogP contribution in [0.25, 0.3) is 0 Å². The van der Waals surface area contributed by atoms with Gasteiger partial charge in [-0.25, -0.2) is 9.37 Å². The summed E-state index contributed by atoms with van der Waals surface area (Å²) in [5.41, 5.74) is -1.08. The van der Waals surface area contributed by atoms with Crippen molar-refractivity contribution in [2.45, 2.75) is 6.18 Å². The molecule has 0 spiro atoms. The maximum absolute atomic E-state index is 12.0. The molecule has 0 bridgehead atoms. The fourth-order valence-corrected chi connectivity index (χ4v) is 0.544. The molecule has 5 heteroatoms. The molecular formula is C6H3F4N. The summed E-state index contributed by atoms with van der Waals surface area (Å²) in [4.78, 5) is 2.85. The second-order valence-corrected chi connectivity index (χ2v) is 1.86. The van der Waals surface area contributed by atoms with Gasteiger partial charge in [0.1, 0.15) is 11.5 Å². The van der Waals surface area contributed by atoms with Gasteiger partial charge in [-0.05, 0) is 12.1 Å². The van der Waals surface area contributed by atoms with E-state index in [4.69, 9.17) is 0 Å². The summed E-state index contributed by atoms with van der Waals surface area (Å²) in [6, 6.07) is 1.31. The van der Waals surface area contributed by atoms with Crippen molar-refractivity contribution in [3.8, 4) is 0 Å². The Kier molecular flexibility index (Phi) is 1.80. The molecule has 1 rings (SSSR count). The quantitative estimate of drug-likeness (QED) is 0.537. The summed E-state index contributed by atoms with van der Waals surface area (Å²) in [5.74, 6) is -0.780. The number of rotatable bonds is 0. The standard InChI is InChI=1S/C6H3F4N/c7-4-1-2-5(11-3-4)6(8,9)10/h1-3H. The molecule has 1 nitrogen and oxygen atoms in total. The summed E-state index contributed by atoms with van der Waals surface area (Å²) in [7, 11) is 0. The van der Waals surface area contributed by atoms with E-state index in [1.54, 1.807) is 0 Å². The van der Waals surface area contributed by atoms with Gasteiger partial charge in [0.2, 0.25) is 0 Å². The van der Waals surface area contributed by atoms with Crippen LogP contribution in [0.3, 0.4) is 0 Å². The fourth-order valence-electron chi connectivity index (χ4n) is 0.544. The van der Waals surface area contributed by atoms with Gasteiger partial charge < -0.3 is 0 Å². The molecule has 0 N–H and O–H groups in total. The van der Waals surface area contributed by atoms with Gasteiger partial charge in [-0.1, -0.05) is 0 Å². The molecule has 0 saturated heterocycles. The lowest BCUT2D eigenvalue weighted by Gasteiger charge is -2.03. The van der Waals surface area contributed by atoms with Crippen LogP contribution in [0.4, 0.5) is 17.6 Å². The number of nitrogens with zero attached hydrogens (tertiary/aromatic N) is 1. The van der Waals surface area contributed by atoms with Crippen molar-refractivity contribution in [2.24, 2.45) is 0 Å². The minimum absolute atomic E-state index is 0.531. The third kappa shape index (κ3) is 1.89. The molecule has 0 aromatic carbocycles. The highest BCUT2D eigenvalue weighted by Gasteiger charge is 2.31. The molecule has 1 aromatic heterocycles. The molecule has 0 aliphatic rings. The molecular weight excluding hydrogens is 162 g/mol. The lowest BCUT2D eigenvalue weighted by Crippen LogP contribution is -2.07. The Labute approximate surface area is 59.7 Å². The Morgan fingerprint density at radius 2 is 1.82 bits per heavy atom. The largest absolute Gasteiger partial charge is 0.433 e. The van der Waals surface area contributed by atoms with Gasteiger partial charge in [-0.3, -0.25) is 0 Å². The highest BCUT2D eigenvalue weighted by atomic mass is 19.4. The van der Waals surface area contributed by atoms with E-state index in [1.807, 2.05) is 0 Å². The Bertz CT molecular complexity index is 238. The fraction of sp³-hybridized carbons (Fsp3) is 0.167. The van der Waals surface area contributed by atoms with E-state index < -0.39 is 17.7 Å². The van der Waals surface area contributed by atoms with Gasteiger partial charge in [0.05, 0.1) is 6.20 Å². The first kappa shape index (κ1) is 7.97. The smallest absolute Gasteiger partial charge is 0.249 e. The number of hydrogen-bond donors (Lipinski definition) is 0. The van der Waals surface area contributed by atoms with Crippen LogP contribution in [0, 0.1) is 5.82 Å².